The number of hydrogen-bond acceptors (Lipinski definition) is 2. The zero-order valence-electron chi connectivity index (χ0n) is 9.40. The van der Waals surface area contributed by atoms with Crippen LogP contribution in [0.2, 0.25) is 0 Å². The van der Waals surface area contributed by atoms with Crippen molar-refractivity contribution < 1.29 is 31.1 Å². The van der Waals surface area contributed by atoms with Gasteiger partial charge in [-0.25, -0.2) is 13.2 Å². The van der Waals surface area contributed by atoms with E-state index in [4.69, 9.17) is 0 Å². The number of halogens is 6. The summed E-state index contributed by atoms with van der Waals surface area (Å²) in [6.07, 6.45) is -6.34. The Morgan fingerprint density at radius 1 is 1.16 bits per heavy atom. The van der Waals surface area contributed by atoms with Crippen LogP contribution in [-0.2, 0) is 4.79 Å². The molecule has 0 aromatic heterocycles. The van der Waals surface area contributed by atoms with Crippen LogP contribution in [0.25, 0.3) is 0 Å². The Hall–Kier alpha value is -1.73. The molecule has 8 heteroatoms. The molecule has 0 spiro atoms. The molecule has 0 saturated heterocycles. The lowest BCUT2D eigenvalue weighted by Crippen LogP contribution is -2.25. The van der Waals surface area contributed by atoms with Gasteiger partial charge in [-0.05, 0) is 6.42 Å². The van der Waals surface area contributed by atoms with Gasteiger partial charge >= 0.3 is 6.18 Å². The summed E-state index contributed by atoms with van der Waals surface area (Å²) in [5.74, 6) is -3.81. The van der Waals surface area contributed by atoms with Gasteiger partial charge in [-0.1, -0.05) is 0 Å². The first kappa shape index (κ1) is 15.3. The molecule has 19 heavy (non-hydrogen) atoms. The maximum Gasteiger partial charge on any atom is 0.389 e. The van der Waals surface area contributed by atoms with Crippen molar-refractivity contribution in [1.82, 2.24) is 0 Å². The normalized spacial score (nSPS) is 13.2. The smallest absolute Gasteiger partial charge is 0.371 e. The average Bonchev–Trinajstić information content (AvgIpc) is 2.25. The van der Waals surface area contributed by atoms with Crippen LogP contribution in [0, 0.1) is 17.5 Å². The fourth-order valence-electron chi connectivity index (χ4n) is 1.36. The predicted octanol–water partition coefficient (Wildman–Crippen LogP) is 3.43. The zero-order valence-corrected chi connectivity index (χ0v) is 9.40. The number of hydrogen-bond donors (Lipinski definition) is 1. The second-order valence-electron chi connectivity index (χ2n) is 3.79. The van der Waals surface area contributed by atoms with Gasteiger partial charge in [-0.3, -0.25) is 0 Å². The van der Waals surface area contributed by atoms with Gasteiger partial charge in [-0.2, -0.15) is 13.2 Å². The van der Waals surface area contributed by atoms with E-state index in [9.17, 15) is 31.1 Å². The van der Waals surface area contributed by atoms with E-state index < -0.39 is 48.2 Å². The van der Waals surface area contributed by atoms with Crippen molar-refractivity contribution in [3.63, 3.8) is 0 Å². The minimum Gasteiger partial charge on any atom is -0.371 e. The van der Waals surface area contributed by atoms with Gasteiger partial charge in [0.2, 0.25) is 0 Å². The second-order valence-corrected chi connectivity index (χ2v) is 3.79. The first-order valence-electron chi connectivity index (χ1n) is 5.16. The third kappa shape index (κ3) is 4.80. The number of nitrogens with one attached hydrogen (secondary N) is 1. The number of benzene rings is 1. The molecule has 0 unspecified atom stereocenters. The highest BCUT2D eigenvalue weighted by molar-refractivity contribution is 5.64. The molecule has 0 heterocycles. The van der Waals surface area contributed by atoms with Gasteiger partial charge in [0.25, 0.3) is 0 Å². The molecule has 0 aliphatic carbocycles. The van der Waals surface area contributed by atoms with Gasteiger partial charge in [0.15, 0.2) is 11.6 Å². The molecule has 1 rings (SSSR count). The second kappa shape index (κ2) is 5.94. The molecule has 0 radical (unpaired) electrons. The summed E-state index contributed by atoms with van der Waals surface area (Å²) < 4.78 is 74.9. The van der Waals surface area contributed by atoms with Crippen molar-refractivity contribution in [2.24, 2.45) is 0 Å². The summed E-state index contributed by atoms with van der Waals surface area (Å²) in [5, 5.41) is 1.98. The quantitative estimate of drug-likeness (QED) is 0.663. The van der Waals surface area contributed by atoms with E-state index in [-0.39, 0.29) is 6.29 Å². The highest BCUT2D eigenvalue weighted by Crippen LogP contribution is 2.25. The SMILES string of the molecule is O=C[C@@H](CCC(F)(F)F)Nc1c(F)cc(F)cc1F. The molecule has 0 saturated carbocycles. The van der Waals surface area contributed by atoms with Crippen molar-refractivity contribution in [3.05, 3.63) is 29.6 Å². The molecular weight excluding hydrogens is 276 g/mol. The summed E-state index contributed by atoms with van der Waals surface area (Å²) >= 11 is 0. The van der Waals surface area contributed by atoms with Crippen LogP contribution >= 0.6 is 0 Å². The highest BCUT2D eigenvalue weighted by Gasteiger charge is 2.28. The van der Waals surface area contributed by atoms with Crippen LogP contribution in [0.15, 0.2) is 12.1 Å². The molecule has 0 bridgehead atoms. The first-order chi connectivity index (χ1) is 8.73. The third-order valence-corrected chi connectivity index (χ3v) is 2.24. The summed E-state index contributed by atoms with van der Waals surface area (Å²) in [6, 6.07) is -0.704. The minimum absolute atomic E-state index is 0.105. The topological polar surface area (TPSA) is 29.1 Å². The Labute approximate surface area is 104 Å². The summed E-state index contributed by atoms with van der Waals surface area (Å²) in [6.45, 7) is 0. The number of alkyl halides is 3. The van der Waals surface area contributed by atoms with E-state index in [0.29, 0.717) is 12.1 Å². The van der Waals surface area contributed by atoms with E-state index in [1.54, 1.807) is 0 Å². The van der Waals surface area contributed by atoms with Gasteiger partial charge in [0.1, 0.15) is 17.8 Å². The first-order valence-corrected chi connectivity index (χ1v) is 5.16. The minimum atomic E-state index is -4.48. The molecule has 1 N–H and O–H groups in total. The molecule has 0 aliphatic heterocycles. The lowest BCUT2D eigenvalue weighted by molar-refractivity contribution is -0.136. The van der Waals surface area contributed by atoms with E-state index in [0.717, 1.165) is 0 Å². The Morgan fingerprint density at radius 3 is 2.11 bits per heavy atom. The van der Waals surface area contributed by atoms with Crippen LogP contribution in [0.5, 0.6) is 0 Å². The Bertz CT molecular complexity index is 436. The van der Waals surface area contributed by atoms with Crippen molar-refractivity contribution in [2.45, 2.75) is 25.1 Å². The largest absolute Gasteiger partial charge is 0.389 e. The van der Waals surface area contributed by atoms with E-state index >= 15 is 0 Å². The maximum atomic E-state index is 13.2. The van der Waals surface area contributed by atoms with E-state index in [1.807, 2.05) is 5.32 Å². The van der Waals surface area contributed by atoms with Gasteiger partial charge in [0, 0.05) is 18.6 Å². The Morgan fingerprint density at radius 2 is 1.68 bits per heavy atom. The summed E-state index contributed by atoms with van der Waals surface area (Å²) in [4.78, 5) is 10.6. The predicted molar refractivity (Wildman–Crippen MR) is 55.1 cm³/mol. The lowest BCUT2D eigenvalue weighted by Gasteiger charge is -2.16. The van der Waals surface area contributed by atoms with Gasteiger partial charge in [0.05, 0.1) is 6.04 Å². The molecule has 1 atom stereocenters. The zero-order chi connectivity index (χ0) is 14.6. The standard InChI is InChI=1S/C11H9F6NO/c12-6-3-8(13)10(9(14)4-6)18-7(5-19)1-2-11(15,16)17/h3-5,7,18H,1-2H2/t7-/m1/s1. The monoisotopic (exact) mass is 285 g/mol. The van der Waals surface area contributed by atoms with Crippen LogP contribution in [0.4, 0.5) is 32.0 Å². The fraction of sp³-hybridized carbons (Fsp3) is 0.364. The maximum absolute atomic E-state index is 13.2. The molecule has 106 valence electrons. The third-order valence-electron chi connectivity index (χ3n) is 2.24. The fourth-order valence-corrected chi connectivity index (χ4v) is 1.36. The molecule has 0 amide bonds. The highest BCUT2D eigenvalue weighted by atomic mass is 19.4. The molecule has 1 aromatic carbocycles. The van der Waals surface area contributed by atoms with Crippen LogP contribution in [-0.4, -0.2) is 18.5 Å². The van der Waals surface area contributed by atoms with E-state index in [2.05, 4.69) is 0 Å². The summed E-state index contributed by atoms with van der Waals surface area (Å²) in [7, 11) is 0. The lowest BCUT2D eigenvalue weighted by atomic mass is 10.1. The van der Waals surface area contributed by atoms with Crippen molar-refractivity contribution in [3.8, 4) is 0 Å². The van der Waals surface area contributed by atoms with Crippen LogP contribution in [0.1, 0.15) is 12.8 Å². The molecule has 0 fully saturated rings. The van der Waals surface area contributed by atoms with Crippen LogP contribution in [0.3, 0.4) is 0 Å². The number of aldehydes is 1. The van der Waals surface area contributed by atoms with Gasteiger partial charge in [-0.15, -0.1) is 0 Å². The molecule has 2 nitrogen and oxygen atoms in total. The number of carbonyl (C=O) groups excluding carboxylic acids is 1. The molecule has 0 aliphatic rings. The number of rotatable bonds is 5. The number of anilines is 1. The van der Waals surface area contributed by atoms with Crippen molar-refractivity contribution in [2.75, 3.05) is 5.32 Å². The summed E-state index contributed by atoms with van der Waals surface area (Å²) in [5.41, 5.74) is -0.833. The van der Waals surface area contributed by atoms with Crippen molar-refractivity contribution in [1.29, 1.82) is 0 Å². The van der Waals surface area contributed by atoms with Crippen LogP contribution < -0.4 is 5.32 Å². The Kier molecular flexibility index (Phi) is 4.79. The molecular formula is C11H9F6NO. The number of carbonyl (C=O) groups is 1. The van der Waals surface area contributed by atoms with Gasteiger partial charge < -0.3 is 10.1 Å². The molecule has 1 aromatic rings. The van der Waals surface area contributed by atoms with Crippen molar-refractivity contribution >= 4 is 12.0 Å². The van der Waals surface area contributed by atoms with E-state index in [1.165, 1.54) is 0 Å². The average molecular weight is 285 g/mol. The Balaban J connectivity index is 2.79.